The van der Waals surface area contributed by atoms with E-state index in [1.807, 2.05) is 54.5 Å². The van der Waals surface area contributed by atoms with Crippen molar-refractivity contribution in [3.8, 4) is 0 Å². The molecule has 0 aliphatic carbocycles. The van der Waals surface area contributed by atoms with Crippen LogP contribution in [0.2, 0.25) is 0 Å². The van der Waals surface area contributed by atoms with Crippen molar-refractivity contribution in [1.29, 1.82) is 0 Å². The van der Waals surface area contributed by atoms with E-state index in [4.69, 9.17) is 5.73 Å². The number of carbonyl (C=O) groups is 1. The first-order valence-electron chi connectivity index (χ1n) is 6.29. The van der Waals surface area contributed by atoms with Gasteiger partial charge in [-0.2, -0.15) is 0 Å². The highest BCUT2D eigenvalue weighted by molar-refractivity contribution is 7.12. The topological polar surface area (TPSA) is 46.3 Å². The van der Waals surface area contributed by atoms with Crippen LogP contribution in [-0.4, -0.2) is 17.4 Å². The number of rotatable bonds is 4. The molecule has 2 aromatic rings. The Morgan fingerprint density at radius 3 is 2.74 bits per heavy atom. The first-order valence-corrected chi connectivity index (χ1v) is 7.17. The zero-order chi connectivity index (χ0) is 13.8. The summed E-state index contributed by atoms with van der Waals surface area (Å²) in [7, 11) is 0. The number of anilines is 1. The van der Waals surface area contributed by atoms with Gasteiger partial charge < -0.3 is 10.6 Å². The van der Waals surface area contributed by atoms with Gasteiger partial charge in [0.25, 0.3) is 5.91 Å². The van der Waals surface area contributed by atoms with Crippen LogP contribution < -0.4 is 5.73 Å². The summed E-state index contributed by atoms with van der Waals surface area (Å²) in [5.74, 6) is 0.0948. The van der Waals surface area contributed by atoms with Gasteiger partial charge in [-0.05, 0) is 48.6 Å². The molecule has 1 heterocycles. The number of thiophene rings is 1. The lowest BCUT2D eigenvalue weighted by Crippen LogP contribution is -2.30. The number of hydrogen-bond donors (Lipinski definition) is 1. The summed E-state index contributed by atoms with van der Waals surface area (Å²) in [6, 6.07) is 9.65. The molecule has 1 amide bonds. The van der Waals surface area contributed by atoms with Crippen molar-refractivity contribution in [1.82, 2.24) is 4.90 Å². The van der Waals surface area contributed by atoms with E-state index < -0.39 is 0 Å². The van der Waals surface area contributed by atoms with Crippen molar-refractivity contribution < 1.29 is 4.79 Å². The summed E-state index contributed by atoms with van der Waals surface area (Å²) in [4.78, 5) is 15.1. The Bertz CT molecular complexity index is 577. The maximum absolute atomic E-state index is 12.5. The van der Waals surface area contributed by atoms with Gasteiger partial charge in [0.05, 0.1) is 4.88 Å². The van der Waals surface area contributed by atoms with Crippen LogP contribution in [0.4, 0.5) is 5.69 Å². The van der Waals surface area contributed by atoms with Gasteiger partial charge in [0, 0.05) is 18.8 Å². The number of nitrogens with two attached hydrogens (primary N) is 1. The molecule has 0 saturated carbocycles. The van der Waals surface area contributed by atoms with E-state index in [2.05, 4.69) is 0 Å². The van der Waals surface area contributed by atoms with Gasteiger partial charge in [-0.15, -0.1) is 11.3 Å². The van der Waals surface area contributed by atoms with Gasteiger partial charge in [-0.1, -0.05) is 12.1 Å². The van der Waals surface area contributed by atoms with Gasteiger partial charge in [0.1, 0.15) is 0 Å². The molecule has 0 bridgehead atoms. The molecule has 1 aromatic carbocycles. The second kappa shape index (κ2) is 5.89. The molecule has 0 aliphatic rings. The number of nitrogens with zero attached hydrogens (tertiary/aromatic N) is 1. The van der Waals surface area contributed by atoms with Gasteiger partial charge in [-0.3, -0.25) is 4.79 Å². The number of hydrogen-bond acceptors (Lipinski definition) is 3. The van der Waals surface area contributed by atoms with Crippen LogP contribution in [0.25, 0.3) is 0 Å². The Labute approximate surface area is 117 Å². The predicted molar refractivity (Wildman–Crippen MR) is 80.3 cm³/mol. The summed E-state index contributed by atoms with van der Waals surface area (Å²) in [5, 5.41) is 1.96. The highest BCUT2D eigenvalue weighted by atomic mass is 32.1. The van der Waals surface area contributed by atoms with Crippen molar-refractivity contribution >= 4 is 22.9 Å². The lowest BCUT2D eigenvalue weighted by atomic mass is 10.2. The molecule has 19 heavy (non-hydrogen) atoms. The summed E-state index contributed by atoms with van der Waals surface area (Å²) in [5.41, 5.74) is 8.60. The van der Waals surface area contributed by atoms with E-state index in [1.165, 1.54) is 11.3 Å². The fraction of sp³-hybridized carbons (Fsp3) is 0.267. The quantitative estimate of drug-likeness (QED) is 0.869. The van der Waals surface area contributed by atoms with Crippen LogP contribution in [0.3, 0.4) is 0 Å². The Morgan fingerprint density at radius 2 is 2.16 bits per heavy atom. The third-order valence-corrected chi connectivity index (χ3v) is 4.05. The number of benzene rings is 1. The van der Waals surface area contributed by atoms with Crippen LogP contribution in [0, 0.1) is 6.92 Å². The van der Waals surface area contributed by atoms with Crippen LogP contribution in [0.5, 0.6) is 0 Å². The lowest BCUT2D eigenvalue weighted by molar-refractivity contribution is 0.0757. The number of amides is 1. The van der Waals surface area contributed by atoms with Gasteiger partial charge in [0.2, 0.25) is 0 Å². The highest BCUT2D eigenvalue weighted by Gasteiger charge is 2.17. The first-order chi connectivity index (χ1) is 9.11. The highest BCUT2D eigenvalue weighted by Crippen LogP contribution is 2.19. The van der Waals surface area contributed by atoms with Crippen LogP contribution in [0.15, 0.2) is 35.7 Å². The Hall–Kier alpha value is -1.81. The minimum atomic E-state index is 0.0948. The maximum atomic E-state index is 12.5. The molecule has 2 rings (SSSR count). The molecule has 1 aromatic heterocycles. The Kier molecular flexibility index (Phi) is 4.22. The van der Waals surface area contributed by atoms with Crippen molar-refractivity contribution in [2.45, 2.75) is 20.4 Å². The molecule has 100 valence electrons. The molecule has 2 N–H and O–H groups in total. The summed E-state index contributed by atoms with van der Waals surface area (Å²) in [6.45, 7) is 5.24. The first kappa shape index (κ1) is 13.6. The maximum Gasteiger partial charge on any atom is 0.264 e. The molecule has 0 spiro atoms. The van der Waals surface area contributed by atoms with E-state index >= 15 is 0 Å². The summed E-state index contributed by atoms with van der Waals surface area (Å²) in [6.07, 6.45) is 0. The predicted octanol–water partition coefficient (Wildman–Crippen LogP) is 3.30. The molecular weight excluding hydrogens is 256 g/mol. The largest absolute Gasteiger partial charge is 0.399 e. The molecule has 0 aliphatic heterocycles. The molecule has 0 atom stereocenters. The van der Waals surface area contributed by atoms with Crippen LogP contribution in [-0.2, 0) is 6.54 Å². The SMILES string of the molecule is CCN(Cc1cccc(N)c1)C(=O)c1sccc1C. The van der Waals surface area contributed by atoms with E-state index in [0.29, 0.717) is 13.1 Å². The van der Waals surface area contributed by atoms with Crippen molar-refractivity contribution in [3.63, 3.8) is 0 Å². The molecular formula is C15H18N2OS. The minimum Gasteiger partial charge on any atom is -0.399 e. The zero-order valence-electron chi connectivity index (χ0n) is 11.2. The van der Waals surface area contributed by atoms with Crippen molar-refractivity contribution in [2.24, 2.45) is 0 Å². The summed E-state index contributed by atoms with van der Waals surface area (Å²) >= 11 is 1.50. The van der Waals surface area contributed by atoms with Crippen molar-refractivity contribution in [2.75, 3.05) is 12.3 Å². The van der Waals surface area contributed by atoms with Gasteiger partial charge in [-0.25, -0.2) is 0 Å². The standard InChI is InChI=1S/C15H18N2OS/c1-3-17(10-12-5-4-6-13(16)9-12)15(18)14-11(2)7-8-19-14/h4-9H,3,10,16H2,1-2H3. The van der Waals surface area contributed by atoms with Crippen molar-refractivity contribution in [3.05, 3.63) is 51.7 Å². The van der Waals surface area contributed by atoms with E-state index in [0.717, 1.165) is 21.7 Å². The fourth-order valence-corrected chi connectivity index (χ4v) is 2.87. The Balaban J connectivity index is 2.17. The lowest BCUT2D eigenvalue weighted by Gasteiger charge is -2.21. The molecule has 0 fully saturated rings. The number of aryl methyl sites for hydroxylation is 1. The minimum absolute atomic E-state index is 0.0948. The third kappa shape index (κ3) is 3.15. The Morgan fingerprint density at radius 1 is 1.37 bits per heavy atom. The number of carbonyl (C=O) groups excluding carboxylic acids is 1. The van der Waals surface area contributed by atoms with E-state index in [1.54, 1.807) is 0 Å². The monoisotopic (exact) mass is 274 g/mol. The molecule has 0 unspecified atom stereocenters. The summed E-state index contributed by atoms with van der Waals surface area (Å²) < 4.78 is 0. The molecule has 3 nitrogen and oxygen atoms in total. The van der Waals surface area contributed by atoms with Gasteiger partial charge in [0.15, 0.2) is 0 Å². The zero-order valence-corrected chi connectivity index (χ0v) is 12.0. The van der Waals surface area contributed by atoms with E-state index in [9.17, 15) is 4.79 Å². The second-order valence-corrected chi connectivity index (χ2v) is 5.41. The normalized spacial score (nSPS) is 10.4. The fourth-order valence-electron chi connectivity index (χ4n) is 1.97. The molecule has 0 radical (unpaired) electrons. The average Bonchev–Trinajstić information content (AvgIpc) is 2.81. The van der Waals surface area contributed by atoms with E-state index in [-0.39, 0.29) is 5.91 Å². The average molecular weight is 274 g/mol. The van der Waals surface area contributed by atoms with Crippen LogP contribution in [0.1, 0.15) is 27.7 Å². The smallest absolute Gasteiger partial charge is 0.264 e. The molecule has 4 heteroatoms. The number of nitrogen functional groups attached to an aromatic ring is 1. The van der Waals surface area contributed by atoms with Gasteiger partial charge >= 0.3 is 0 Å². The molecule has 0 saturated heterocycles. The van der Waals surface area contributed by atoms with Crippen LogP contribution >= 0.6 is 11.3 Å². The third-order valence-electron chi connectivity index (χ3n) is 3.05. The second-order valence-electron chi connectivity index (χ2n) is 4.50.